The molecule has 2 rings (SSSR count). The molecule has 2 saturated heterocycles. The number of likely N-dealkylation sites (tertiary alicyclic amines) is 1. The Morgan fingerprint density at radius 1 is 1.30 bits per heavy atom. The number of aliphatic hydroxyl groups excluding tert-OH is 1. The molecule has 0 aromatic carbocycles. The first-order valence-corrected chi connectivity index (χ1v) is 7.70. The number of ether oxygens (including phenoxy) is 1. The molecule has 5 nitrogen and oxygen atoms in total. The number of carbonyl (C=O) groups is 1. The zero-order chi connectivity index (χ0) is 14.8. The molecule has 0 radical (unpaired) electrons. The predicted molar refractivity (Wildman–Crippen MR) is 77.5 cm³/mol. The van der Waals surface area contributed by atoms with E-state index in [1.54, 1.807) is 4.90 Å². The summed E-state index contributed by atoms with van der Waals surface area (Å²) in [5.41, 5.74) is -0.460. The summed E-state index contributed by atoms with van der Waals surface area (Å²) in [6.07, 6.45) is 2.04. The molecule has 0 aliphatic carbocycles. The van der Waals surface area contributed by atoms with Crippen molar-refractivity contribution in [2.45, 2.75) is 39.2 Å². The molecule has 0 aromatic rings. The van der Waals surface area contributed by atoms with Gasteiger partial charge in [0.15, 0.2) is 0 Å². The van der Waals surface area contributed by atoms with Crippen LogP contribution in [0.3, 0.4) is 0 Å². The van der Waals surface area contributed by atoms with Crippen molar-refractivity contribution < 1.29 is 14.6 Å². The van der Waals surface area contributed by atoms with E-state index in [0.717, 1.165) is 32.5 Å². The minimum absolute atomic E-state index is 0.161. The van der Waals surface area contributed by atoms with Crippen molar-refractivity contribution in [2.24, 2.45) is 17.8 Å². The summed E-state index contributed by atoms with van der Waals surface area (Å²) in [7, 11) is 0. The van der Waals surface area contributed by atoms with Gasteiger partial charge in [0.05, 0.1) is 0 Å². The van der Waals surface area contributed by atoms with Gasteiger partial charge in [-0.15, -0.1) is 0 Å². The van der Waals surface area contributed by atoms with Gasteiger partial charge in [-0.2, -0.15) is 0 Å². The lowest BCUT2D eigenvalue weighted by Gasteiger charge is -2.30. The molecule has 116 valence electrons. The number of rotatable bonds is 2. The Morgan fingerprint density at radius 3 is 2.50 bits per heavy atom. The Morgan fingerprint density at radius 2 is 1.95 bits per heavy atom. The molecule has 0 saturated carbocycles. The first-order valence-electron chi connectivity index (χ1n) is 7.70. The van der Waals surface area contributed by atoms with Gasteiger partial charge in [-0.25, -0.2) is 4.79 Å². The zero-order valence-corrected chi connectivity index (χ0v) is 12.9. The minimum Gasteiger partial charge on any atom is -0.444 e. The Hall–Kier alpha value is -0.810. The van der Waals surface area contributed by atoms with E-state index in [2.05, 4.69) is 5.32 Å². The van der Waals surface area contributed by atoms with E-state index in [4.69, 9.17) is 4.74 Å². The SMILES string of the molecule is CC(C)(C)OC(=O)N1C[C@@H](CO)[C@H](C2CCNCC2)C1. The number of piperidine rings is 1. The van der Waals surface area contributed by atoms with Gasteiger partial charge < -0.3 is 20.1 Å². The summed E-state index contributed by atoms with van der Waals surface area (Å²) in [5.74, 6) is 1.22. The van der Waals surface area contributed by atoms with Gasteiger partial charge in [-0.05, 0) is 58.5 Å². The van der Waals surface area contributed by atoms with Crippen LogP contribution in [0, 0.1) is 17.8 Å². The van der Waals surface area contributed by atoms with Crippen LogP contribution in [0.25, 0.3) is 0 Å². The van der Waals surface area contributed by atoms with Crippen molar-refractivity contribution in [3.63, 3.8) is 0 Å². The molecule has 2 aliphatic rings. The van der Waals surface area contributed by atoms with Gasteiger partial charge >= 0.3 is 6.09 Å². The number of aliphatic hydroxyl groups is 1. The van der Waals surface area contributed by atoms with E-state index in [0.29, 0.717) is 18.4 Å². The maximum atomic E-state index is 12.2. The fraction of sp³-hybridized carbons (Fsp3) is 0.933. The van der Waals surface area contributed by atoms with Gasteiger partial charge in [0.2, 0.25) is 0 Å². The second kappa shape index (κ2) is 6.31. The molecule has 1 amide bonds. The summed E-state index contributed by atoms with van der Waals surface area (Å²) < 4.78 is 5.44. The van der Waals surface area contributed by atoms with E-state index in [1.165, 1.54) is 0 Å². The number of nitrogens with one attached hydrogen (secondary N) is 1. The molecule has 5 heteroatoms. The smallest absolute Gasteiger partial charge is 0.410 e. The average Bonchev–Trinajstić information content (AvgIpc) is 2.82. The lowest BCUT2D eigenvalue weighted by Crippen LogP contribution is -2.37. The van der Waals surface area contributed by atoms with E-state index < -0.39 is 5.60 Å². The first-order chi connectivity index (χ1) is 9.40. The van der Waals surface area contributed by atoms with Crippen LogP contribution in [0.2, 0.25) is 0 Å². The quantitative estimate of drug-likeness (QED) is 0.806. The van der Waals surface area contributed by atoms with Crippen molar-refractivity contribution >= 4 is 6.09 Å². The molecule has 20 heavy (non-hydrogen) atoms. The van der Waals surface area contributed by atoms with Gasteiger partial charge in [0, 0.05) is 25.6 Å². The molecule has 2 fully saturated rings. The third-order valence-electron chi connectivity index (χ3n) is 4.37. The van der Waals surface area contributed by atoms with Crippen molar-refractivity contribution in [2.75, 3.05) is 32.8 Å². The molecule has 0 unspecified atom stereocenters. The van der Waals surface area contributed by atoms with Crippen LogP contribution in [-0.4, -0.2) is 54.5 Å². The van der Waals surface area contributed by atoms with Crippen LogP contribution >= 0.6 is 0 Å². The lowest BCUT2D eigenvalue weighted by molar-refractivity contribution is 0.0278. The Kier molecular flexibility index (Phi) is 4.91. The number of hydrogen-bond donors (Lipinski definition) is 2. The molecule has 2 heterocycles. The third kappa shape index (κ3) is 3.85. The van der Waals surface area contributed by atoms with E-state index >= 15 is 0 Å². The summed E-state index contributed by atoms with van der Waals surface area (Å²) in [5, 5.41) is 13.0. The van der Waals surface area contributed by atoms with Crippen LogP contribution in [-0.2, 0) is 4.74 Å². The molecular formula is C15H28N2O3. The van der Waals surface area contributed by atoms with Gasteiger partial charge in [0.1, 0.15) is 5.60 Å². The third-order valence-corrected chi connectivity index (χ3v) is 4.37. The van der Waals surface area contributed by atoms with Crippen LogP contribution in [0.4, 0.5) is 4.79 Å². The predicted octanol–water partition coefficient (Wildman–Crippen LogP) is 1.46. The topological polar surface area (TPSA) is 61.8 Å². The normalized spacial score (nSPS) is 28.7. The average molecular weight is 284 g/mol. The molecular weight excluding hydrogens is 256 g/mol. The maximum absolute atomic E-state index is 12.2. The van der Waals surface area contributed by atoms with E-state index in [-0.39, 0.29) is 18.6 Å². The highest BCUT2D eigenvalue weighted by Gasteiger charge is 2.40. The van der Waals surface area contributed by atoms with E-state index in [1.807, 2.05) is 20.8 Å². The highest BCUT2D eigenvalue weighted by molar-refractivity contribution is 5.68. The maximum Gasteiger partial charge on any atom is 0.410 e. The Labute approximate surface area is 121 Å². The van der Waals surface area contributed by atoms with E-state index in [9.17, 15) is 9.90 Å². The van der Waals surface area contributed by atoms with Gasteiger partial charge in [-0.3, -0.25) is 0 Å². The van der Waals surface area contributed by atoms with Crippen LogP contribution in [0.5, 0.6) is 0 Å². The first kappa shape index (κ1) is 15.6. The zero-order valence-electron chi connectivity index (χ0n) is 12.9. The summed E-state index contributed by atoms with van der Waals surface area (Å²) in [6.45, 7) is 9.26. The summed E-state index contributed by atoms with van der Waals surface area (Å²) in [6, 6.07) is 0. The molecule has 0 aromatic heterocycles. The van der Waals surface area contributed by atoms with Crippen molar-refractivity contribution in [3.8, 4) is 0 Å². The monoisotopic (exact) mass is 284 g/mol. The number of carbonyl (C=O) groups excluding carboxylic acids is 1. The van der Waals surface area contributed by atoms with Crippen LogP contribution in [0.15, 0.2) is 0 Å². The second-order valence-corrected chi connectivity index (χ2v) is 7.08. The molecule has 2 atom stereocenters. The fourth-order valence-corrected chi connectivity index (χ4v) is 3.37. The standard InChI is InChI=1S/C15H28N2O3/c1-15(2,3)20-14(19)17-8-12(10-18)13(9-17)11-4-6-16-7-5-11/h11-13,16,18H,4-10H2,1-3H3/t12-,13-/m0/s1. The van der Waals surface area contributed by atoms with Crippen LogP contribution < -0.4 is 5.32 Å². The fourth-order valence-electron chi connectivity index (χ4n) is 3.37. The molecule has 2 aliphatic heterocycles. The Balaban J connectivity index is 1.96. The summed E-state index contributed by atoms with van der Waals surface area (Å²) >= 11 is 0. The van der Waals surface area contributed by atoms with Crippen molar-refractivity contribution in [3.05, 3.63) is 0 Å². The highest BCUT2D eigenvalue weighted by Crippen LogP contribution is 2.34. The van der Waals surface area contributed by atoms with Crippen molar-refractivity contribution in [1.29, 1.82) is 0 Å². The highest BCUT2D eigenvalue weighted by atomic mass is 16.6. The second-order valence-electron chi connectivity index (χ2n) is 7.08. The molecule has 2 N–H and O–H groups in total. The van der Waals surface area contributed by atoms with Crippen LogP contribution in [0.1, 0.15) is 33.6 Å². The largest absolute Gasteiger partial charge is 0.444 e. The minimum atomic E-state index is -0.460. The lowest BCUT2D eigenvalue weighted by atomic mass is 9.79. The van der Waals surface area contributed by atoms with Gasteiger partial charge in [0.25, 0.3) is 0 Å². The number of nitrogens with zero attached hydrogens (tertiary/aromatic N) is 1. The molecule has 0 bridgehead atoms. The number of amides is 1. The van der Waals surface area contributed by atoms with Crippen molar-refractivity contribution in [1.82, 2.24) is 10.2 Å². The Bertz CT molecular complexity index is 335. The van der Waals surface area contributed by atoms with Gasteiger partial charge in [-0.1, -0.05) is 0 Å². The summed E-state index contributed by atoms with van der Waals surface area (Å²) in [4.78, 5) is 13.9. The number of hydrogen-bond acceptors (Lipinski definition) is 4. The molecule has 0 spiro atoms.